The van der Waals surface area contributed by atoms with E-state index in [1.165, 1.54) is 17.1 Å². The molecule has 1 aromatic carbocycles. The minimum atomic E-state index is -3.72. The third-order valence-corrected chi connectivity index (χ3v) is 5.49. The van der Waals surface area contributed by atoms with Crippen LogP contribution in [0.5, 0.6) is 0 Å². The van der Waals surface area contributed by atoms with Gasteiger partial charge in [0.15, 0.2) is 0 Å². The second kappa shape index (κ2) is 6.74. The van der Waals surface area contributed by atoms with E-state index in [0.29, 0.717) is 19.5 Å². The summed E-state index contributed by atoms with van der Waals surface area (Å²) in [6.45, 7) is 0.985. The van der Waals surface area contributed by atoms with E-state index in [4.69, 9.17) is 0 Å². The van der Waals surface area contributed by atoms with Crippen LogP contribution in [-0.2, 0) is 21.9 Å². The van der Waals surface area contributed by atoms with Crippen LogP contribution < -0.4 is 4.72 Å². The van der Waals surface area contributed by atoms with E-state index in [-0.39, 0.29) is 10.8 Å². The van der Waals surface area contributed by atoms with Crippen LogP contribution in [0.1, 0.15) is 24.4 Å². The first kappa shape index (κ1) is 16.7. The van der Waals surface area contributed by atoms with Crippen LogP contribution in [0.4, 0.5) is 0 Å². The van der Waals surface area contributed by atoms with E-state index in [1.54, 1.807) is 11.9 Å². The van der Waals surface area contributed by atoms with Gasteiger partial charge in [-0.1, -0.05) is 30.3 Å². The topological polar surface area (TPSA) is 84.3 Å². The minimum Gasteiger partial charge on any atom is -0.341 e. The molecular weight excluding hydrogens is 328 g/mol. The summed E-state index contributed by atoms with van der Waals surface area (Å²) in [7, 11) is -2.05. The van der Waals surface area contributed by atoms with Gasteiger partial charge in [0, 0.05) is 32.8 Å². The third kappa shape index (κ3) is 3.65. The Hall–Kier alpha value is -2.19. The molecule has 1 N–H and O–H groups in total. The maximum absolute atomic E-state index is 12.6. The summed E-state index contributed by atoms with van der Waals surface area (Å²) < 4.78 is 29.4. The Morgan fingerprint density at radius 3 is 2.62 bits per heavy atom. The number of amides is 1. The third-order valence-electron chi connectivity index (χ3n) is 4.07. The summed E-state index contributed by atoms with van der Waals surface area (Å²) in [5.74, 6) is 0.0662. The molecule has 0 saturated carbocycles. The van der Waals surface area contributed by atoms with Gasteiger partial charge in [-0.2, -0.15) is 5.10 Å². The van der Waals surface area contributed by atoms with Gasteiger partial charge in [-0.25, -0.2) is 13.1 Å². The number of likely N-dealkylation sites (tertiary alicyclic amines) is 1. The number of carbonyl (C=O) groups excluding carboxylic acids is 1. The second-order valence-electron chi connectivity index (χ2n) is 5.88. The zero-order chi connectivity index (χ0) is 17.2. The molecule has 128 valence electrons. The van der Waals surface area contributed by atoms with Crippen molar-refractivity contribution >= 4 is 15.9 Å². The highest BCUT2D eigenvalue weighted by Gasteiger charge is 2.28. The Balaban J connectivity index is 1.86. The lowest BCUT2D eigenvalue weighted by Gasteiger charge is -2.24. The van der Waals surface area contributed by atoms with Crippen molar-refractivity contribution in [2.75, 3.05) is 13.1 Å². The van der Waals surface area contributed by atoms with Crippen molar-refractivity contribution in [2.24, 2.45) is 7.05 Å². The molecule has 2 heterocycles. The van der Waals surface area contributed by atoms with Crippen molar-refractivity contribution in [3.63, 3.8) is 0 Å². The van der Waals surface area contributed by atoms with Crippen LogP contribution in [0, 0.1) is 0 Å². The number of nitrogens with zero attached hydrogens (tertiary/aromatic N) is 3. The maximum atomic E-state index is 12.6. The molecule has 7 nitrogen and oxygen atoms in total. The lowest BCUT2D eigenvalue weighted by molar-refractivity contribution is -0.127. The predicted molar refractivity (Wildman–Crippen MR) is 88.5 cm³/mol. The smallest absolute Gasteiger partial charge is 0.244 e. The maximum Gasteiger partial charge on any atom is 0.244 e. The zero-order valence-electron chi connectivity index (χ0n) is 13.4. The fourth-order valence-corrected chi connectivity index (χ4v) is 4.00. The summed E-state index contributed by atoms with van der Waals surface area (Å²) in [4.78, 5) is 13.7. The monoisotopic (exact) mass is 348 g/mol. The minimum absolute atomic E-state index is 0.0662. The number of sulfonamides is 1. The zero-order valence-corrected chi connectivity index (χ0v) is 14.2. The Morgan fingerprint density at radius 2 is 2.04 bits per heavy atom. The molecule has 8 heteroatoms. The SMILES string of the molecule is Cn1cc(S(=O)(=O)N[C@@H](CN2CCCC2=O)c2ccccc2)cn1. The summed E-state index contributed by atoms with van der Waals surface area (Å²) in [6.07, 6.45) is 4.10. The number of benzene rings is 1. The molecule has 24 heavy (non-hydrogen) atoms. The van der Waals surface area contributed by atoms with Crippen LogP contribution in [0.2, 0.25) is 0 Å². The van der Waals surface area contributed by atoms with E-state index >= 15 is 0 Å². The van der Waals surface area contributed by atoms with Crippen LogP contribution in [0.3, 0.4) is 0 Å². The molecule has 0 aliphatic carbocycles. The van der Waals surface area contributed by atoms with E-state index in [9.17, 15) is 13.2 Å². The Labute approximate surface area is 141 Å². The van der Waals surface area contributed by atoms with Crippen molar-refractivity contribution < 1.29 is 13.2 Å². The van der Waals surface area contributed by atoms with Crippen molar-refractivity contribution in [1.82, 2.24) is 19.4 Å². The normalized spacial score (nSPS) is 16.5. The molecule has 2 aromatic rings. The fraction of sp³-hybridized carbons (Fsp3) is 0.375. The number of aryl methyl sites for hydroxylation is 1. The molecule has 1 aromatic heterocycles. The van der Waals surface area contributed by atoms with Gasteiger partial charge in [0.1, 0.15) is 4.90 Å². The second-order valence-corrected chi connectivity index (χ2v) is 7.59. The highest BCUT2D eigenvalue weighted by Crippen LogP contribution is 2.21. The van der Waals surface area contributed by atoms with Crippen molar-refractivity contribution in [1.29, 1.82) is 0 Å². The predicted octanol–water partition coefficient (Wildman–Crippen LogP) is 1.06. The largest absolute Gasteiger partial charge is 0.341 e. The summed E-state index contributed by atoms with van der Waals surface area (Å²) in [5.41, 5.74) is 0.824. The first-order valence-corrected chi connectivity index (χ1v) is 9.28. The van der Waals surface area contributed by atoms with Gasteiger partial charge in [0.2, 0.25) is 15.9 Å². The number of rotatable bonds is 6. The number of hydrogen-bond acceptors (Lipinski definition) is 4. The molecule has 3 rings (SSSR count). The van der Waals surface area contributed by atoms with Crippen molar-refractivity contribution in [2.45, 2.75) is 23.8 Å². The quantitative estimate of drug-likeness (QED) is 0.846. The summed E-state index contributed by atoms with van der Waals surface area (Å²) >= 11 is 0. The number of carbonyl (C=O) groups is 1. The Morgan fingerprint density at radius 1 is 1.29 bits per heavy atom. The molecule has 0 unspecified atom stereocenters. The number of nitrogens with one attached hydrogen (secondary N) is 1. The first-order valence-electron chi connectivity index (χ1n) is 7.79. The highest BCUT2D eigenvalue weighted by atomic mass is 32.2. The summed E-state index contributed by atoms with van der Waals surface area (Å²) in [5, 5.41) is 3.91. The number of aromatic nitrogens is 2. The van der Waals surface area contributed by atoms with Gasteiger partial charge in [-0.15, -0.1) is 0 Å². The first-order chi connectivity index (χ1) is 11.5. The van der Waals surface area contributed by atoms with Gasteiger partial charge in [0.25, 0.3) is 0 Å². The molecule has 0 bridgehead atoms. The van der Waals surface area contributed by atoms with Crippen LogP contribution in [-0.4, -0.2) is 42.1 Å². The van der Waals surface area contributed by atoms with Gasteiger partial charge in [-0.05, 0) is 12.0 Å². The van der Waals surface area contributed by atoms with E-state index in [2.05, 4.69) is 9.82 Å². The molecule has 0 spiro atoms. The standard InChI is InChI=1S/C16H20N4O3S/c1-19-11-14(10-17-19)24(22,23)18-15(13-6-3-2-4-7-13)12-20-9-5-8-16(20)21/h2-4,6-7,10-11,15,18H,5,8-9,12H2,1H3/t15-/m0/s1. The molecule has 1 amide bonds. The highest BCUT2D eigenvalue weighted by molar-refractivity contribution is 7.89. The molecule has 1 aliphatic rings. The lowest BCUT2D eigenvalue weighted by Crippen LogP contribution is -2.38. The van der Waals surface area contributed by atoms with Gasteiger partial charge in [0.05, 0.1) is 12.2 Å². The Kier molecular flexibility index (Phi) is 4.68. The molecular formula is C16H20N4O3S. The molecule has 1 atom stereocenters. The molecule has 1 aliphatic heterocycles. The van der Waals surface area contributed by atoms with Gasteiger partial charge >= 0.3 is 0 Å². The summed E-state index contributed by atoms with van der Waals surface area (Å²) in [6, 6.07) is 8.79. The molecule has 0 radical (unpaired) electrons. The molecule has 1 fully saturated rings. The van der Waals surface area contributed by atoms with Gasteiger partial charge in [-0.3, -0.25) is 9.48 Å². The van der Waals surface area contributed by atoms with Crippen molar-refractivity contribution in [3.05, 3.63) is 48.3 Å². The number of hydrogen-bond donors (Lipinski definition) is 1. The van der Waals surface area contributed by atoms with Crippen LogP contribution in [0.25, 0.3) is 0 Å². The average molecular weight is 348 g/mol. The van der Waals surface area contributed by atoms with E-state index in [0.717, 1.165) is 12.0 Å². The van der Waals surface area contributed by atoms with Crippen LogP contribution >= 0.6 is 0 Å². The van der Waals surface area contributed by atoms with Crippen molar-refractivity contribution in [3.8, 4) is 0 Å². The molecule has 1 saturated heterocycles. The van der Waals surface area contributed by atoms with Crippen LogP contribution in [0.15, 0.2) is 47.6 Å². The van der Waals surface area contributed by atoms with E-state index in [1.807, 2.05) is 30.3 Å². The lowest BCUT2D eigenvalue weighted by atomic mass is 10.1. The average Bonchev–Trinajstić information content (AvgIpc) is 3.17. The van der Waals surface area contributed by atoms with E-state index < -0.39 is 16.1 Å². The van der Waals surface area contributed by atoms with Gasteiger partial charge < -0.3 is 4.90 Å². The Bertz CT molecular complexity index is 817. The fourth-order valence-electron chi connectivity index (χ4n) is 2.81.